The monoisotopic (exact) mass is 333 g/mol. The number of hydrogen-bond acceptors (Lipinski definition) is 6. The first-order valence-electron chi connectivity index (χ1n) is 9.16. The highest BCUT2D eigenvalue weighted by atomic mass is 16.5. The van der Waals surface area contributed by atoms with Crippen LogP contribution in [0.2, 0.25) is 0 Å². The van der Waals surface area contributed by atoms with Crippen LogP contribution in [0.1, 0.15) is 43.3 Å². The van der Waals surface area contributed by atoms with E-state index in [1.165, 1.54) is 0 Å². The molecule has 1 spiro atoms. The lowest BCUT2D eigenvalue weighted by atomic mass is 9.57. The molecule has 1 aliphatic carbocycles. The zero-order valence-corrected chi connectivity index (χ0v) is 14.4. The molecule has 24 heavy (non-hydrogen) atoms. The molecule has 0 aromatic carbocycles. The van der Waals surface area contributed by atoms with Gasteiger partial charge in [0.1, 0.15) is 5.82 Å². The smallest absolute Gasteiger partial charge is 0.142 e. The number of rotatable bonds is 5. The highest BCUT2D eigenvalue weighted by Gasteiger charge is 2.55. The van der Waals surface area contributed by atoms with Gasteiger partial charge in [0.05, 0.1) is 31.6 Å². The third-order valence-corrected chi connectivity index (χ3v) is 5.83. The van der Waals surface area contributed by atoms with Crippen LogP contribution in [0, 0.1) is 5.41 Å². The summed E-state index contributed by atoms with van der Waals surface area (Å²) in [6.45, 7) is 6.69. The Bertz CT molecular complexity index is 575. The molecule has 3 heterocycles. The van der Waals surface area contributed by atoms with Crippen LogP contribution in [-0.4, -0.2) is 48.5 Å². The summed E-state index contributed by atoms with van der Waals surface area (Å²) >= 11 is 0. The van der Waals surface area contributed by atoms with Crippen molar-refractivity contribution in [1.29, 1.82) is 0 Å². The summed E-state index contributed by atoms with van der Waals surface area (Å²) in [5, 5.41) is 3.70. The van der Waals surface area contributed by atoms with Crippen molar-refractivity contribution in [2.24, 2.45) is 5.41 Å². The highest BCUT2D eigenvalue weighted by molar-refractivity contribution is 5.19. The standard InChI is InChI=1S/C18H27N3O3/c1-2-24-16-9-15(18(16)4-7-22-8-5-18)19-11-17-20-10-13-12-23-6-3-14(13)21-17/h10,15-16,19H,2-9,11-12H2,1H3. The van der Waals surface area contributed by atoms with Crippen LogP contribution >= 0.6 is 0 Å². The molecule has 1 saturated heterocycles. The normalized spacial score (nSPS) is 28.4. The SMILES string of the molecule is CCOC1CC(NCc2ncc3c(n2)CCOC3)C12CCOCC2. The van der Waals surface area contributed by atoms with Gasteiger partial charge in [0.25, 0.3) is 0 Å². The van der Waals surface area contributed by atoms with Crippen LogP contribution in [0.25, 0.3) is 0 Å². The quantitative estimate of drug-likeness (QED) is 0.883. The zero-order chi connectivity index (χ0) is 16.4. The summed E-state index contributed by atoms with van der Waals surface area (Å²) in [5.74, 6) is 0.887. The Labute approximate surface area is 143 Å². The first kappa shape index (κ1) is 16.4. The second-order valence-electron chi connectivity index (χ2n) is 7.02. The molecule has 132 valence electrons. The minimum atomic E-state index is 0.232. The lowest BCUT2D eigenvalue weighted by Crippen LogP contribution is -2.65. The molecule has 6 nitrogen and oxygen atoms in total. The summed E-state index contributed by atoms with van der Waals surface area (Å²) in [7, 11) is 0. The molecule has 1 aromatic heterocycles. The molecule has 2 unspecified atom stereocenters. The van der Waals surface area contributed by atoms with Gasteiger partial charge in [-0.3, -0.25) is 0 Å². The van der Waals surface area contributed by atoms with Crippen LogP contribution in [0.15, 0.2) is 6.20 Å². The van der Waals surface area contributed by atoms with Gasteiger partial charge in [0, 0.05) is 49.5 Å². The maximum Gasteiger partial charge on any atom is 0.142 e. The molecule has 4 rings (SSSR count). The predicted octanol–water partition coefficient (Wildman–Crippen LogP) is 1.61. The van der Waals surface area contributed by atoms with E-state index in [-0.39, 0.29) is 5.41 Å². The molecule has 2 atom stereocenters. The molecule has 1 saturated carbocycles. The summed E-state index contributed by atoms with van der Waals surface area (Å²) in [6.07, 6.45) is 6.42. The van der Waals surface area contributed by atoms with Gasteiger partial charge in [-0.15, -0.1) is 0 Å². The van der Waals surface area contributed by atoms with E-state index < -0.39 is 0 Å². The number of fused-ring (bicyclic) bond motifs is 1. The van der Waals surface area contributed by atoms with E-state index in [4.69, 9.17) is 19.2 Å². The Kier molecular flexibility index (Phi) is 4.81. The van der Waals surface area contributed by atoms with Crippen molar-refractivity contribution in [2.45, 2.75) is 57.9 Å². The predicted molar refractivity (Wildman–Crippen MR) is 88.5 cm³/mol. The number of aromatic nitrogens is 2. The maximum atomic E-state index is 5.99. The van der Waals surface area contributed by atoms with E-state index in [0.29, 0.717) is 18.8 Å². The van der Waals surface area contributed by atoms with E-state index in [1.807, 2.05) is 6.20 Å². The van der Waals surface area contributed by atoms with Gasteiger partial charge in [0.15, 0.2) is 0 Å². The zero-order valence-electron chi connectivity index (χ0n) is 14.4. The minimum absolute atomic E-state index is 0.232. The molecule has 0 radical (unpaired) electrons. The number of ether oxygens (including phenoxy) is 3. The van der Waals surface area contributed by atoms with Crippen LogP contribution in [0.3, 0.4) is 0 Å². The molecule has 2 aliphatic heterocycles. The van der Waals surface area contributed by atoms with Crippen molar-refractivity contribution in [3.63, 3.8) is 0 Å². The fourth-order valence-corrected chi connectivity index (χ4v) is 4.36. The summed E-state index contributed by atoms with van der Waals surface area (Å²) < 4.78 is 17.0. The third kappa shape index (κ3) is 2.96. The minimum Gasteiger partial charge on any atom is -0.381 e. The summed E-state index contributed by atoms with van der Waals surface area (Å²) in [6, 6.07) is 0.473. The van der Waals surface area contributed by atoms with E-state index in [9.17, 15) is 0 Å². The fraction of sp³-hybridized carbons (Fsp3) is 0.778. The lowest BCUT2D eigenvalue weighted by Gasteiger charge is -2.57. The molecule has 1 N–H and O–H groups in total. The van der Waals surface area contributed by atoms with Gasteiger partial charge < -0.3 is 19.5 Å². The fourth-order valence-electron chi connectivity index (χ4n) is 4.36. The van der Waals surface area contributed by atoms with E-state index >= 15 is 0 Å². The van der Waals surface area contributed by atoms with E-state index in [0.717, 1.165) is 75.7 Å². The van der Waals surface area contributed by atoms with Crippen molar-refractivity contribution >= 4 is 0 Å². The average molecular weight is 333 g/mol. The third-order valence-electron chi connectivity index (χ3n) is 5.83. The average Bonchev–Trinajstić information content (AvgIpc) is 2.64. The van der Waals surface area contributed by atoms with Gasteiger partial charge in [-0.05, 0) is 26.2 Å². The Morgan fingerprint density at radius 2 is 2.17 bits per heavy atom. The van der Waals surface area contributed by atoms with E-state index in [2.05, 4.69) is 17.2 Å². The van der Waals surface area contributed by atoms with Gasteiger partial charge in [0.2, 0.25) is 0 Å². The Balaban J connectivity index is 1.40. The lowest BCUT2D eigenvalue weighted by molar-refractivity contribution is -0.173. The number of nitrogens with one attached hydrogen (secondary N) is 1. The van der Waals surface area contributed by atoms with Gasteiger partial charge in [-0.1, -0.05) is 0 Å². The molecular formula is C18H27N3O3. The number of hydrogen-bond donors (Lipinski definition) is 1. The molecule has 1 aromatic rings. The Hall–Kier alpha value is -1.08. The molecule has 0 amide bonds. The Morgan fingerprint density at radius 3 is 3.00 bits per heavy atom. The first-order chi connectivity index (χ1) is 11.8. The van der Waals surface area contributed by atoms with Gasteiger partial charge in [-0.2, -0.15) is 0 Å². The molecule has 6 heteroatoms. The van der Waals surface area contributed by atoms with Crippen molar-refractivity contribution in [2.75, 3.05) is 26.4 Å². The second kappa shape index (κ2) is 7.04. The van der Waals surface area contributed by atoms with Crippen LogP contribution < -0.4 is 5.32 Å². The van der Waals surface area contributed by atoms with Crippen molar-refractivity contribution in [1.82, 2.24) is 15.3 Å². The van der Waals surface area contributed by atoms with Crippen LogP contribution in [-0.2, 0) is 33.8 Å². The van der Waals surface area contributed by atoms with Crippen molar-refractivity contribution < 1.29 is 14.2 Å². The second-order valence-corrected chi connectivity index (χ2v) is 7.02. The summed E-state index contributed by atoms with van der Waals surface area (Å²) in [4.78, 5) is 9.22. The van der Waals surface area contributed by atoms with Gasteiger partial charge in [-0.25, -0.2) is 9.97 Å². The molecule has 3 aliphatic rings. The Morgan fingerprint density at radius 1 is 1.29 bits per heavy atom. The van der Waals surface area contributed by atoms with Gasteiger partial charge >= 0.3 is 0 Å². The van der Waals surface area contributed by atoms with E-state index in [1.54, 1.807) is 0 Å². The first-order valence-corrected chi connectivity index (χ1v) is 9.16. The van der Waals surface area contributed by atoms with Crippen molar-refractivity contribution in [3.8, 4) is 0 Å². The molecule has 0 bridgehead atoms. The molecule has 2 fully saturated rings. The largest absolute Gasteiger partial charge is 0.381 e. The number of nitrogens with zero attached hydrogens (tertiary/aromatic N) is 2. The van der Waals surface area contributed by atoms with Crippen molar-refractivity contribution in [3.05, 3.63) is 23.3 Å². The molecular weight excluding hydrogens is 306 g/mol. The highest BCUT2D eigenvalue weighted by Crippen LogP contribution is 2.50. The van der Waals surface area contributed by atoms with Crippen LogP contribution in [0.4, 0.5) is 0 Å². The topological polar surface area (TPSA) is 65.5 Å². The summed E-state index contributed by atoms with van der Waals surface area (Å²) in [5.41, 5.74) is 2.51. The maximum absolute atomic E-state index is 5.99. The van der Waals surface area contributed by atoms with Crippen LogP contribution in [0.5, 0.6) is 0 Å².